The molecule has 5 rings (SSSR count). The van der Waals surface area contributed by atoms with E-state index >= 15 is 0 Å². The number of aromatic nitrogens is 4. The Morgan fingerprint density at radius 1 is 0.947 bits per heavy atom. The fourth-order valence-electron chi connectivity index (χ4n) is 4.64. The van der Waals surface area contributed by atoms with Gasteiger partial charge in [-0.3, -0.25) is 0 Å². The second-order valence-corrected chi connectivity index (χ2v) is 9.39. The van der Waals surface area contributed by atoms with Crippen LogP contribution in [0.2, 0.25) is 0 Å². The van der Waals surface area contributed by atoms with E-state index in [0.29, 0.717) is 40.1 Å². The van der Waals surface area contributed by atoms with Crippen molar-refractivity contribution in [1.82, 2.24) is 19.7 Å². The molecule has 1 saturated heterocycles. The van der Waals surface area contributed by atoms with Crippen LogP contribution in [0.5, 0.6) is 0 Å². The van der Waals surface area contributed by atoms with E-state index in [1.807, 2.05) is 32.9 Å². The van der Waals surface area contributed by atoms with Gasteiger partial charge in [-0.1, -0.05) is 57.2 Å². The van der Waals surface area contributed by atoms with Crippen molar-refractivity contribution in [2.24, 2.45) is 0 Å². The summed E-state index contributed by atoms with van der Waals surface area (Å²) in [6.07, 6.45) is -1.56. The van der Waals surface area contributed by atoms with Gasteiger partial charge < -0.3 is 19.9 Å². The van der Waals surface area contributed by atoms with Crippen LogP contribution >= 0.6 is 0 Å². The smallest absolute Gasteiger partial charge is 0.338 e. The maximum Gasteiger partial charge on any atom is 0.338 e. The number of nitrogens with two attached hydrogens (primary N) is 1. The second-order valence-electron chi connectivity index (χ2n) is 9.39. The molecule has 4 atom stereocenters. The fourth-order valence-corrected chi connectivity index (χ4v) is 4.64. The van der Waals surface area contributed by atoms with Gasteiger partial charge >= 0.3 is 11.9 Å². The first-order valence-electron chi connectivity index (χ1n) is 12.5. The van der Waals surface area contributed by atoms with Crippen molar-refractivity contribution in [2.75, 3.05) is 5.73 Å². The van der Waals surface area contributed by atoms with Crippen molar-refractivity contribution < 1.29 is 23.8 Å². The van der Waals surface area contributed by atoms with Crippen LogP contribution in [0.1, 0.15) is 65.7 Å². The number of anilines is 1. The zero-order valence-electron chi connectivity index (χ0n) is 21.4. The number of carbonyl (C=O) groups excluding carboxylic acids is 2. The van der Waals surface area contributed by atoms with Crippen LogP contribution < -0.4 is 5.73 Å². The lowest BCUT2D eigenvalue weighted by Crippen LogP contribution is -2.39. The first-order valence-corrected chi connectivity index (χ1v) is 12.5. The molecule has 0 amide bonds. The van der Waals surface area contributed by atoms with Crippen LogP contribution in [0.4, 0.5) is 5.82 Å². The maximum absolute atomic E-state index is 13.2. The number of rotatable bonds is 7. The van der Waals surface area contributed by atoms with Gasteiger partial charge in [-0.25, -0.2) is 24.2 Å². The molecule has 1 unspecified atom stereocenters. The molecule has 2 aromatic carbocycles. The van der Waals surface area contributed by atoms with Crippen molar-refractivity contribution >= 4 is 28.8 Å². The number of nitrogen functional groups attached to an aromatic ring is 1. The van der Waals surface area contributed by atoms with E-state index in [-0.39, 0.29) is 5.92 Å². The minimum absolute atomic E-state index is 0.00690. The number of hydrogen-bond acceptors (Lipinski definition) is 9. The number of nitrogens with zero attached hydrogens (tertiary/aromatic N) is 4. The Labute approximate surface area is 219 Å². The molecule has 0 radical (unpaired) electrons. The standard InChI is InChI=1S/C28H29N5O5/c1-4-19-22(37-27(34)17-11-7-5-8-12-17)23(38-28(35)18-13-9-6-10-14-18)26(36-19)33-25-20(21(32-33)16(2)3)24(29)30-15-31-25/h5-16,19,22-23,26H,4H2,1-3H3,(H2,29,30,31)/t19-,22-,23?,26-/m1/s1. The van der Waals surface area contributed by atoms with Gasteiger partial charge in [-0.2, -0.15) is 5.10 Å². The topological polar surface area (TPSA) is 131 Å². The predicted octanol–water partition coefficient (Wildman–Crippen LogP) is 4.29. The molecule has 38 heavy (non-hydrogen) atoms. The summed E-state index contributed by atoms with van der Waals surface area (Å²) in [7, 11) is 0. The highest BCUT2D eigenvalue weighted by Crippen LogP contribution is 2.39. The van der Waals surface area contributed by atoms with E-state index in [2.05, 4.69) is 9.97 Å². The molecule has 10 nitrogen and oxygen atoms in total. The van der Waals surface area contributed by atoms with Gasteiger partial charge in [0.05, 0.1) is 22.2 Å². The molecule has 1 aliphatic heterocycles. The van der Waals surface area contributed by atoms with E-state index < -0.39 is 36.5 Å². The van der Waals surface area contributed by atoms with Crippen molar-refractivity contribution in [2.45, 2.75) is 57.6 Å². The van der Waals surface area contributed by atoms with Crippen LogP contribution in [-0.4, -0.2) is 50.0 Å². The van der Waals surface area contributed by atoms with E-state index in [9.17, 15) is 9.59 Å². The summed E-state index contributed by atoms with van der Waals surface area (Å²) in [4.78, 5) is 34.9. The third-order valence-corrected chi connectivity index (χ3v) is 6.53. The number of esters is 2. The molecule has 4 aromatic rings. The molecule has 0 spiro atoms. The first-order chi connectivity index (χ1) is 18.4. The molecule has 0 saturated carbocycles. The third-order valence-electron chi connectivity index (χ3n) is 6.53. The van der Waals surface area contributed by atoms with Crippen LogP contribution in [-0.2, 0) is 14.2 Å². The molecule has 3 heterocycles. The van der Waals surface area contributed by atoms with Gasteiger partial charge in [0.15, 0.2) is 24.1 Å². The molecule has 2 N–H and O–H groups in total. The van der Waals surface area contributed by atoms with Crippen LogP contribution in [0.15, 0.2) is 67.0 Å². The average Bonchev–Trinajstić information content (AvgIpc) is 3.49. The lowest BCUT2D eigenvalue weighted by Gasteiger charge is -2.24. The number of benzene rings is 2. The molecule has 0 bridgehead atoms. The van der Waals surface area contributed by atoms with Crippen LogP contribution in [0, 0.1) is 0 Å². The Kier molecular flexibility index (Phi) is 7.06. The van der Waals surface area contributed by atoms with E-state index in [4.69, 9.17) is 25.0 Å². The van der Waals surface area contributed by atoms with E-state index in [1.165, 1.54) is 6.33 Å². The van der Waals surface area contributed by atoms with Crippen molar-refractivity contribution in [3.63, 3.8) is 0 Å². The predicted molar refractivity (Wildman–Crippen MR) is 139 cm³/mol. The Hall–Kier alpha value is -4.31. The number of carbonyl (C=O) groups is 2. The fraction of sp³-hybridized carbons (Fsp3) is 0.321. The zero-order valence-corrected chi connectivity index (χ0v) is 21.4. The third kappa shape index (κ3) is 4.70. The normalized spacial score (nSPS) is 21.1. The molecule has 1 fully saturated rings. The van der Waals surface area contributed by atoms with Crippen molar-refractivity contribution in [3.8, 4) is 0 Å². The van der Waals surface area contributed by atoms with Gasteiger partial charge in [-0.15, -0.1) is 0 Å². The molecule has 1 aliphatic rings. The van der Waals surface area contributed by atoms with Gasteiger partial charge in [0.25, 0.3) is 0 Å². The summed E-state index contributed by atoms with van der Waals surface area (Å²) in [5, 5.41) is 5.39. The Morgan fingerprint density at radius 2 is 1.53 bits per heavy atom. The second kappa shape index (κ2) is 10.6. The largest absolute Gasteiger partial charge is 0.452 e. The monoisotopic (exact) mass is 515 g/mol. The van der Waals surface area contributed by atoms with E-state index in [0.717, 1.165) is 0 Å². The highest BCUT2D eigenvalue weighted by Gasteiger charge is 2.51. The molecule has 2 aromatic heterocycles. The van der Waals surface area contributed by atoms with Gasteiger partial charge in [0.1, 0.15) is 18.2 Å². The molecular weight excluding hydrogens is 486 g/mol. The first kappa shape index (κ1) is 25.3. The summed E-state index contributed by atoms with van der Waals surface area (Å²) >= 11 is 0. The minimum Gasteiger partial charge on any atom is -0.452 e. The summed E-state index contributed by atoms with van der Waals surface area (Å²) in [5.41, 5.74) is 8.08. The van der Waals surface area contributed by atoms with E-state index in [1.54, 1.807) is 53.2 Å². The lowest BCUT2D eigenvalue weighted by molar-refractivity contribution is -0.0544. The molecule has 0 aliphatic carbocycles. The van der Waals surface area contributed by atoms with Gasteiger partial charge in [0.2, 0.25) is 0 Å². The highest BCUT2D eigenvalue weighted by atomic mass is 16.6. The van der Waals surface area contributed by atoms with Gasteiger partial charge in [-0.05, 0) is 36.6 Å². The van der Waals surface area contributed by atoms with Crippen LogP contribution in [0.3, 0.4) is 0 Å². The van der Waals surface area contributed by atoms with Crippen LogP contribution in [0.25, 0.3) is 11.0 Å². The minimum atomic E-state index is -1.01. The molecule has 196 valence electrons. The van der Waals surface area contributed by atoms with Crippen molar-refractivity contribution in [1.29, 1.82) is 0 Å². The molecule has 10 heteroatoms. The van der Waals surface area contributed by atoms with Gasteiger partial charge in [0, 0.05) is 0 Å². The Balaban J connectivity index is 1.58. The quantitative estimate of drug-likeness (QED) is 0.358. The summed E-state index contributed by atoms with van der Waals surface area (Å²) in [5.74, 6) is -0.817. The Bertz CT molecular complexity index is 1440. The maximum atomic E-state index is 13.2. The highest BCUT2D eigenvalue weighted by molar-refractivity contribution is 5.91. The zero-order chi connectivity index (χ0) is 26.8. The number of fused-ring (bicyclic) bond motifs is 1. The summed E-state index contributed by atoms with van der Waals surface area (Å²) in [6.45, 7) is 5.88. The summed E-state index contributed by atoms with van der Waals surface area (Å²) in [6, 6.07) is 17.3. The number of hydrogen-bond donors (Lipinski definition) is 1. The Morgan fingerprint density at radius 3 is 2.08 bits per heavy atom. The summed E-state index contributed by atoms with van der Waals surface area (Å²) < 4.78 is 19.9. The SMILES string of the molecule is CC[C@H]1O[C@@H](n2nc(C(C)C)c3c(N)ncnc32)C(OC(=O)c2ccccc2)[C@@H]1OC(=O)c1ccccc1. The average molecular weight is 516 g/mol. The number of ether oxygens (including phenoxy) is 3. The van der Waals surface area contributed by atoms with Crippen molar-refractivity contribution in [3.05, 3.63) is 83.8 Å². The lowest BCUT2D eigenvalue weighted by atomic mass is 10.1. The molecular formula is C28H29N5O5.